The van der Waals surface area contributed by atoms with E-state index in [4.69, 9.17) is 9.47 Å². The molecule has 2 aliphatic heterocycles. The van der Waals surface area contributed by atoms with Crippen LogP contribution in [-0.2, 0) is 29.1 Å². The Morgan fingerprint density at radius 2 is 1.53 bits per heavy atom. The molecule has 2 aliphatic rings. The van der Waals surface area contributed by atoms with E-state index in [1.807, 2.05) is 6.92 Å². The van der Waals surface area contributed by atoms with Gasteiger partial charge in [0.25, 0.3) is 0 Å². The zero-order valence-corrected chi connectivity index (χ0v) is 11.1. The zero-order valence-electron chi connectivity index (χ0n) is 11.1. The lowest BCUT2D eigenvalue weighted by Crippen LogP contribution is -2.30. The van der Waals surface area contributed by atoms with Crippen molar-refractivity contribution in [3.8, 4) is 0 Å². The molecule has 3 rings (SSSR count). The Morgan fingerprint density at radius 1 is 1.05 bits per heavy atom. The van der Waals surface area contributed by atoms with Gasteiger partial charge in [-0.1, -0.05) is 13.3 Å². The summed E-state index contributed by atoms with van der Waals surface area (Å²) in [6, 6.07) is 0. The van der Waals surface area contributed by atoms with Gasteiger partial charge in [0.05, 0.1) is 26.3 Å². The van der Waals surface area contributed by atoms with Crippen molar-refractivity contribution >= 4 is 0 Å². The third kappa shape index (κ3) is 2.66. The van der Waals surface area contributed by atoms with Crippen molar-refractivity contribution in [2.45, 2.75) is 51.6 Å². The molecule has 0 saturated carbocycles. The lowest BCUT2D eigenvalue weighted by Gasteiger charge is -2.05. The van der Waals surface area contributed by atoms with Crippen molar-refractivity contribution in [2.24, 2.45) is 0 Å². The van der Waals surface area contributed by atoms with E-state index in [-0.39, 0.29) is 23.6 Å². The highest BCUT2D eigenvalue weighted by Gasteiger charge is 2.30. The van der Waals surface area contributed by atoms with Gasteiger partial charge in [-0.25, -0.2) is 23.5 Å². The van der Waals surface area contributed by atoms with Crippen LogP contribution in [0.4, 0.5) is 0 Å². The van der Waals surface area contributed by atoms with Gasteiger partial charge in [0, 0.05) is 6.54 Å². The third-order valence-corrected chi connectivity index (χ3v) is 3.49. The van der Waals surface area contributed by atoms with Crippen LogP contribution in [0.3, 0.4) is 0 Å². The van der Waals surface area contributed by atoms with Gasteiger partial charge in [-0.2, -0.15) is 0 Å². The van der Waals surface area contributed by atoms with Crippen LogP contribution in [0.2, 0.25) is 0 Å². The summed E-state index contributed by atoms with van der Waals surface area (Å²) in [6.07, 6.45) is 1.93. The fourth-order valence-corrected chi connectivity index (χ4v) is 2.16. The second-order valence-corrected chi connectivity index (χ2v) is 5.15. The first-order valence-corrected chi connectivity index (χ1v) is 6.84. The second kappa shape index (κ2) is 4.97. The summed E-state index contributed by atoms with van der Waals surface area (Å²) in [4.78, 5) is 24.6. The van der Waals surface area contributed by atoms with Crippen molar-refractivity contribution in [1.82, 2.24) is 13.9 Å². The molecule has 7 nitrogen and oxygen atoms in total. The third-order valence-electron chi connectivity index (χ3n) is 3.49. The predicted molar refractivity (Wildman–Crippen MR) is 67.3 cm³/mol. The monoisotopic (exact) mass is 269 g/mol. The minimum atomic E-state index is -0.227. The predicted octanol–water partition coefficient (Wildman–Crippen LogP) is -0.591. The lowest BCUT2D eigenvalue weighted by molar-refractivity contribution is 0.314. The Labute approximate surface area is 110 Å². The minimum Gasteiger partial charge on any atom is -0.371 e. The normalized spacial score (nSPS) is 24.7. The molecule has 1 aromatic heterocycles. The fourth-order valence-electron chi connectivity index (χ4n) is 2.16. The van der Waals surface area contributed by atoms with Gasteiger partial charge in [-0.15, -0.1) is 0 Å². The van der Waals surface area contributed by atoms with E-state index in [1.165, 1.54) is 13.9 Å². The van der Waals surface area contributed by atoms with Gasteiger partial charge >= 0.3 is 11.4 Å². The Bertz CT molecular complexity index is 517. The molecule has 0 bridgehead atoms. The molecular weight excluding hydrogens is 250 g/mol. The minimum absolute atomic E-state index is 0.0745. The standard InChI is InChI=1S/C12H19N3O4/c1-2-3-4-13-11(16)14(5-9-7-18-9)15(12(13)17)6-10-8-19-10/h9-10H,2-8H2,1H3. The molecule has 7 heteroatoms. The number of hydrogen-bond acceptors (Lipinski definition) is 4. The van der Waals surface area contributed by atoms with Crippen molar-refractivity contribution < 1.29 is 9.47 Å². The maximum absolute atomic E-state index is 12.3. The molecule has 3 heterocycles. The topological polar surface area (TPSA) is 74.0 Å². The molecular formula is C12H19N3O4. The van der Waals surface area contributed by atoms with Crippen LogP contribution >= 0.6 is 0 Å². The summed E-state index contributed by atoms with van der Waals surface area (Å²) < 4.78 is 14.7. The van der Waals surface area contributed by atoms with Crippen LogP contribution < -0.4 is 11.4 Å². The summed E-state index contributed by atoms with van der Waals surface area (Å²) >= 11 is 0. The highest BCUT2D eigenvalue weighted by molar-refractivity contribution is 4.81. The van der Waals surface area contributed by atoms with Crippen LogP contribution in [-0.4, -0.2) is 39.4 Å². The smallest absolute Gasteiger partial charge is 0.347 e. The van der Waals surface area contributed by atoms with E-state index < -0.39 is 0 Å². The first kappa shape index (κ1) is 12.7. The quantitative estimate of drug-likeness (QED) is 0.620. The molecule has 2 unspecified atom stereocenters. The highest BCUT2D eigenvalue weighted by atomic mass is 16.6. The van der Waals surface area contributed by atoms with E-state index in [9.17, 15) is 9.59 Å². The summed E-state index contributed by atoms with van der Waals surface area (Å²) in [7, 11) is 0. The Hall–Kier alpha value is -1.34. The zero-order chi connectivity index (χ0) is 13.4. The molecule has 1 aromatic rings. The van der Waals surface area contributed by atoms with Gasteiger partial charge < -0.3 is 9.47 Å². The molecule has 106 valence electrons. The van der Waals surface area contributed by atoms with Gasteiger partial charge in [-0.05, 0) is 6.42 Å². The van der Waals surface area contributed by atoms with Gasteiger partial charge in [0.1, 0.15) is 12.2 Å². The molecule has 0 aliphatic carbocycles. The first-order valence-electron chi connectivity index (χ1n) is 6.84. The van der Waals surface area contributed by atoms with E-state index in [0.29, 0.717) is 32.8 Å². The number of unbranched alkanes of at least 4 members (excludes halogenated alkanes) is 1. The first-order chi connectivity index (χ1) is 9.20. The maximum atomic E-state index is 12.3. The van der Waals surface area contributed by atoms with Crippen LogP contribution in [0.15, 0.2) is 9.59 Å². The van der Waals surface area contributed by atoms with E-state index in [2.05, 4.69) is 0 Å². The molecule has 0 spiro atoms. The summed E-state index contributed by atoms with van der Waals surface area (Å²) in [5, 5.41) is 0. The molecule has 0 radical (unpaired) electrons. The van der Waals surface area contributed by atoms with Crippen LogP contribution in [0.5, 0.6) is 0 Å². The fraction of sp³-hybridized carbons (Fsp3) is 0.833. The number of ether oxygens (including phenoxy) is 2. The van der Waals surface area contributed by atoms with E-state index in [0.717, 1.165) is 12.8 Å². The Morgan fingerprint density at radius 3 is 1.89 bits per heavy atom. The van der Waals surface area contributed by atoms with Crippen molar-refractivity contribution in [3.05, 3.63) is 21.0 Å². The van der Waals surface area contributed by atoms with Crippen molar-refractivity contribution in [2.75, 3.05) is 13.2 Å². The molecule has 2 fully saturated rings. The molecule has 0 amide bonds. The van der Waals surface area contributed by atoms with Crippen molar-refractivity contribution in [3.63, 3.8) is 0 Å². The molecule has 0 N–H and O–H groups in total. The average molecular weight is 269 g/mol. The number of nitrogens with zero attached hydrogens (tertiary/aromatic N) is 3. The van der Waals surface area contributed by atoms with Crippen LogP contribution in [0.25, 0.3) is 0 Å². The van der Waals surface area contributed by atoms with Gasteiger partial charge in [0.2, 0.25) is 0 Å². The summed E-state index contributed by atoms with van der Waals surface area (Å²) in [5.41, 5.74) is -0.454. The number of hydrogen-bond donors (Lipinski definition) is 0. The van der Waals surface area contributed by atoms with Crippen LogP contribution in [0, 0.1) is 0 Å². The maximum Gasteiger partial charge on any atom is 0.347 e. The molecule has 0 aromatic carbocycles. The molecule has 2 saturated heterocycles. The largest absolute Gasteiger partial charge is 0.371 e. The highest BCUT2D eigenvalue weighted by Crippen LogP contribution is 2.13. The lowest BCUT2D eigenvalue weighted by atomic mass is 10.3. The molecule has 19 heavy (non-hydrogen) atoms. The van der Waals surface area contributed by atoms with E-state index >= 15 is 0 Å². The van der Waals surface area contributed by atoms with Gasteiger partial charge in [0.15, 0.2) is 0 Å². The SMILES string of the molecule is CCCCn1c(=O)n(CC2CO2)n(CC2CO2)c1=O. The van der Waals surface area contributed by atoms with Crippen LogP contribution in [0.1, 0.15) is 19.8 Å². The van der Waals surface area contributed by atoms with E-state index in [1.54, 1.807) is 0 Å². The van der Waals surface area contributed by atoms with Crippen molar-refractivity contribution in [1.29, 1.82) is 0 Å². The number of aromatic nitrogens is 3. The average Bonchev–Trinajstić information content (AvgIpc) is 3.26. The molecule has 2 atom stereocenters. The Kier molecular flexibility index (Phi) is 3.32. The number of epoxide rings is 2. The number of rotatable bonds is 7. The Balaban J connectivity index is 1.92. The van der Waals surface area contributed by atoms with Gasteiger partial charge in [-0.3, -0.25) is 0 Å². The summed E-state index contributed by atoms with van der Waals surface area (Å²) in [6.45, 7) is 4.77. The second-order valence-electron chi connectivity index (χ2n) is 5.15. The summed E-state index contributed by atoms with van der Waals surface area (Å²) in [5.74, 6) is 0.